The van der Waals surface area contributed by atoms with Gasteiger partial charge in [0, 0.05) is 0 Å². The molecule has 2 rings (SSSR count). The molecule has 0 unspecified atom stereocenters. The van der Waals surface area contributed by atoms with Gasteiger partial charge in [0.1, 0.15) is 18.5 Å². The quantitative estimate of drug-likeness (QED) is 0.853. The molecule has 0 spiro atoms. The van der Waals surface area contributed by atoms with Crippen LogP contribution in [0.15, 0.2) is 31.0 Å². The number of rotatable bonds is 4. The number of nitrogens with one attached hydrogen (secondary N) is 1. The van der Waals surface area contributed by atoms with Gasteiger partial charge in [-0.2, -0.15) is 0 Å². The van der Waals surface area contributed by atoms with E-state index < -0.39 is 10.0 Å². The first-order chi connectivity index (χ1) is 8.11. The van der Waals surface area contributed by atoms with E-state index in [1.165, 1.54) is 18.9 Å². The molecule has 0 fully saturated rings. The Morgan fingerprint density at radius 3 is 2.53 bits per heavy atom. The van der Waals surface area contributed by atoms with E-state index in [2.05, 4.69) is 19.9 Å². The van der Waals surface area contributed by atoms with Crippen LogP contribution in [0.4, 0.5) is 5.69 Å². The van der Waals surface area contributed by atoms with E-state index in [0.717, 1.165) is 0 Å². The zero-order valence-electron chi connectivity index (χ0n) is 9.11. The van der Waals surface area contributed by atoms with Gasteiger partial charge in [0.2, 0.25) is 10.0 Å². The molecule has 0 amide bonds. The van der Waals surface area contributed by atoms with E-state index in [0.29, 0.717) is 11.5 Å². The topological polar surface area (TPSA) is 89.8 Å². The molecule has 8 heteroatoms. The van der Waals surface area contributed by atoms with Crippen LogP contribution >= 0.6 is 0 Å². The highest BCUT2D eigenvalue weighted by atomic mass is 32.2. The molecule has 2 aromatic heterocycles. The smallest absolute Gasteiger partial charge is 0.232 e. The fourth-order valence-corrected chi connectivity index (χ4v) is 1.79. The van der Waals surface area contributed by atoms with E-state index >= 15 is 0 Å². The fraction of sp³-hybridized carbons (Fsp3) is 0.222. The first-order valence-electron chi connectivity index (χ1n) is 4.92. The first-order valence-corrected chi connectivity index (χ1v) is 6.57. The van der Waals surface area contributed by atoms with Crippen LogP contribution in [0.2, 0.25) is 0 Å². The van der Waals surface area contributed by atoms with Gasteiger partial charge in [-0.15, -0.1) is 10.2 Å². The average Bonchev–Trinajstić information content (AvgIpc) is 2.83. The number of sulfonamides is 1. The summed E-state index contributed by atoms with van der Waals surface area (Å²) in [5.74, 6) is 0.648. The second-order valence-corrected chi connectivity index (χ2v) is 5.29. The summed E-state index contributed by atoms with van der Waals surface area (Å²) in [5.41, 5.74) is 0.434. The lowest BCUT2D eigenvalue weighted by molar-refractivity contribution is 0.602. The highest BCUT2D eigenvalue weighted by Crippen LogP contribution is 2.10. The Morgan fingerprint density at radius 2 is 2.00 bits per heavy atom. The van der Waals surface area contributed by atoms with Crippen LogP contribution < -0.4 is 4.72 Å². The minimum absolute atomic E-state index is 0.0280. The molecule has 0 saturated heterocycles. The lowest BCUT2D eigenvalue weighted by atomic mass is 10.4. The SMILES string of the molecule is CCS(=O)(=O)Nc1ccc(-n2cnnc2)nc1. The van der Waals surface area contributed by atoms with Crippen LogP contribution in [0.3, 0.4) is 0 Å². The molecule has 0 atom stereocenters. The van der Waals surface area contributed by atoms with Crippen molar-refractivity contribution >= 4 is 15.7 Å². The van der Waals surface area contributed by atoms with Gasteiger partial charge in [-0.25, -0.2) is 13.4 Å². The molecule has 0 aliphatic carbocycles. The number of hydrogen-bond donors (Lipinski definition) is 1. The molecule has 0 aromatic carbocycles. The molecular formula is C9H11N5O2S. The van der Waals surface area contributed by atoms with E-state index in [4.69, 9.17) is 0 Å². The highest BCUT2D eigenvalue weighted by Gasteiger charge is 2.06. The van der Waals surface area contributed by atoms with Gasteiger partial charge in [0.25, 0.3) is 0 Å². The molecule has 0 bridgehead atoms. The molecule has 0 aliphatic heterocycles. The van der Waals surface area contributed by atoms with Crippen molar-refractivity contribution in [1.82, 2.24) is 19.7 Å². The summed E-state index contributed by atoms with van der Waals surface area (Å²) in [6.45, 7) is 1.57. The second kappa shape index (κ2) is 4.50. The molecule has 1 N–H and O–H groups in total. The van der Waals surface area contributed by atoms with Crippen molar-refractivity contribution in [3.05, 3.63) is 31.0 Å². The van der Waals surface area contributed by atoms with Crippen LogP contribution in [0.25, 0.3) is 5.82 Å². The van der Waals surface area contributed by atoms with Crippen molar-refractivity contribution in [1.29, 1.82) is 0 Å². The van der Waals surface area contributed by atoms with Gasteiger partial charge in [-0.3, -0.25) is 9.29 Å². The molecule has 17 heavy (non-hydrogen) atoms. The van der Waals surface area contributed by atoms with E-state index in [1.54, 1.807) is 23.6 Å². The van der Waals surface area contributed by atoms with Crippen molar-refractivity contribution in [3.8, 4) is 5.82 Å². The Bertz CT molecular complexity index is 576. The van der Waals surface area contributed by atoms with Gasteiger partial charge in [0.15, 0.2) is 0 Å². The number of aromatic nitrogens is 4. The lowest BCUT2D eigenvalue weighted by Crippen LogP contribution is -2.14. The van der Waals surface area contributed by atoms with Crippen LogP contribution in [0, 0.1) is 0 Å². The molecule has 90 valence electrons. The normalized spacial score (nSPS) is 11.4. The Morgan fingerprint density at radius 1 is 1.29 bits per heavy atom. The number of hydrogen-bond acceptors (Lipinski definition) is 5. The maximum atomic E-state index is 11.3. The summed E-state index contributed by atoms with van der Waals surface area (Å²) in [6.07, 6.45) is 4.47. The van der Waals surface area contributed by atoms with Gasteiger partial charge in [0.05, 0.1) is 17.6 Å². The summed E-state index contributed by atoms with van der Waals surface area (Å²) in [5, 5.41) is 7.31. The lowest BCUT2D eigenvalue weighted by Gasteiger charge is -2.06. The third-order valence-corrected chi connectivity index (χ3v) is 3.39. The van der Waals surface area contributed by atoms with Gasteiger partial charge >= 0.3 is 0 Å². The molecule has 7 nitrogen and oxygen atoms in total. The Hall–Kier alpha value is -1.96. The highest BCUT2D eigenvalue weighted by molar-refractivity contribution is 7.92. The number of pyridine rings is 1. The zero-order chi connectivity index (χ0) is 12.3. The Labute approximate surface area is 98.6 Å². The van der Waals surface area contributed by atoms with Crippen LogP contribution in [-0.2, 0) is 10.0 Å². The van der Waals surface area contributed by atoms with Crippen LogP contribution in [0.5, 0.6) is 0 Å². The second-order valence-electron chi connectivity index (χ2n) is 3.28. The maximum absolute atomic E-state index is 11.3. The molecule has 2 heterocycles. The minimum Gasteiger partial charge on any atom is -0.282 e. The predicted octanol–water partition coefficient (Wildman–Crippen LogP) is 0.424. The minimum atomic E-state index is -3.26. The van der Waals surface area contributed by atoms with Crippen molar-refractivity contribution < 1.29 is 8.42 Å². The predicted molar refractivity (Wildman–Crippen MR) is 62.2 cm³/mol. The van der Waals surface area contributed by atoms with Crippen molar-refractivity contribution in [3.63, 3.8) is 0 Å². The summed E-state index contributed by atoms with van der Waals surface area (Å²) < 4.78 is 26.7. The molecule has 2 aromatic rings. The summed E-state index contributed by atoms with van der Waals surface area (Å²) in [4.78, 5) is 4.10. The van der Waals surface area contributed by atoms with Crippen molar-refractivity contribution in [2.45, 2.75) is 6.92 Å². The standard InChI is InChI=1S/C9H11N5O2S/c1-2-17(15,16)13-8-3-4-9(10-5-8)14-6-11-12-7-14/h3-7,13H,2H2,1H3. The zero-order valence-corrected chi connectivity index (χ0v) is 9.92. The van der Waals surface area contributed by atoms with E-state index in [9.17, 15) is 8.42 Å². The monoisotopic (exact) mass is 253 g/mol. The summed E-state index contributed by atoms with van der Waals surface area (Å²) >= 11 is 0. The largest absolute Gasteiger partial charge is 0.282 e. The Kier molecular flexibility index (Phi) is 3.05. The van der Waals surface area contributed by atoms with Crippen molar-refractivity contribution in [2.24, 2.45) is 0 Å². The van der Waals surface area contributed by atoms with Crippen LogP contribution in [-0.4, -0.2) is 33.9 Å². The van der Waals surface area contributed by atoms with E-state index in [-0.39, 0.29) is 5.75 Å². The molecule has 0 saturated carbocycles. The van der Waals surface area contributed by atoms with Gasteiger partial charge in [-0.05, 0) is 19.1 Å². The summed E-state index contributed by atoms with van der Waals surface area (Å²) in [6, 6.07) is 3.31. The average molecular weight is 253 g/mol. The first kappa shape index (κ1) is 11.5. The Balaban J connectivity index is 2.19. The number of anilines is 1. The van der Waals surface area contributed by atoms with Crippen molar-refractivity contribution in [2.75, 3.05) is 10.5 Å². The van der Waals surface area contributed by atoms with Gasteiger partial charge < -0.3 is 0 Å². The fourth-order valence-electron chi connectivity index (χ4n) is 1.17. The van der Waals surface area contributed by atoms with E-state index in [1.807, 2.05) is 0 Å². The molecule has 0 aliphatic rings. The molecular weight excluding hydrogens is 242 g/mol. The summed E-state index contributed by atoms with van der Waals surface area (Å²) in [7, 11) is -3.26. The van der Waals surface area contributed by atoms with Gasteiger partial charge in [-0.1, -0.05) is 0 Å². The maximum Gasteiger partial charge on any atom is 0.232 e. The number of nitrogens with zero attached hydrogens (tertiary/aromatic N) is 4. The molecule has 0 radical (unpaired) electrons. The van der Waals surface area contributed by atoms with Crippen LogP contribution in [0.1, 0.15) is 6.92 Å². The third kappa shape index (κ3) is 2.78. The third-order valence-electron chi connectivity index (χ3n) is 2.08.